The van der Waals surface area contributed by atoms with Gasteiger partial charge in [-0.05, 0) is 13.0 Å². The monoisotopic (exact) mass is 254 g/mol. The number of allylic oxidation sites excluding steroid dienone is 1. The van der Waals surface area contributed by atoms with E-state index in [2.05, 4.69) is 9.78 Å². The lowest BCUT2D eigenvalue weighted by molar-refractivity contribution is -0.248. The van der Waals surface area contributed by atoms with Gasteiger partial charge in [0.05, 0.1) is 22.5 Å². The van der Waals surface area contributed by atoms with E-state index in [-0.39, 0.29) is 15.4 Å². The van der Waals surface area contributed by atoms with Crippen LogP contribution < -0.4 is 0 Å². The Labute approximate surface area is 98.5 Å². The third kappa shape index (κ3) is 1.65. The molecule has 2 rings (SSSR count). The lowest BCUT2D eigenvalue weighted by Gasteiger charge is -2.02. The predicted molar refractivity (Wildman–Crippen MR) is 59.3 cm³/mol. The quantitative estimate of drug-likeness (QED) is 0.588. The first-order valence-electron chi connectivity index (χ1n) is 4.80. The Morgan fingerprint density at radius 3 is 2.53 bits per heavy atom. The fourth-order valence-electron chi connectivity index (χ4n) is 1.77. The summed E-state index contributed by atoms with van der Waals surface area (Å²) in [6.07, 6.45) is 0. The Bertz CT molecular complexity index is 613. The van der Waals surface area contributed by atoms with E-state index in [1.807, 2.05) is 0 Å². The van der Waals surface area contributed by atoms with Gasteiger partial charge in [0.1, 0.15) is 0 Å². The molecule has 0 saturated heterocycles. The molecule has 17 heavy (non-hydrogen) atoms. The van der Waals surface area contributed by atoms with E-state index in [9.17, 15) is 13.2 Å². The molecule has 90 valence electrons. The van der Waals surface area contributed by atoms with Gasteiger partial charge in [-0.15, -0.1) is 0 Å². The van der Waals surface area contributed by atoms with Crippen LogP contribution in [0.15, 0.2) is 34.1 Å². The first-order chi connectivity index (χ1) is 8.00. The van der Waals surface area contributed by atoms with Crippen molar-refractivity contribution < 1.29 is 23.0 Å². The van der Waals surface area contributed by atoms with Crippen LogP contribution in [-0.2, 0) is 24.4 Å². The number of fused-ring (bicyclic) bond motifs is 1. The molecule has 5 nitrogen and oxygen atoms in total. The molecule has 0 amide bonds. The fraction of sp³-hybridized carbons (Fsp3) is 0.182. The molecule has 0 fully saturated rings. The van der Waals surface area contributed by atoms with Gasteiger partial charge in [0.25, 0.3) is 0 Å². The Morgan fingerprint density at radius 1 is 1.24 bits per heavy atom. The molecule has 0 aliphatic carbocycles. The lowest BCUT2D eigenvalue weighted by atomic mass is 10.1. The molecule has 0 spiro atoms. The van der Waals surface area contributed by atoms with Gasteiger partial charge in [0, 0.05) is 5.56 Å². The number of benzene rings is 1. The first kappa shape index (κ1) is 11.8. The van der Waals surface area contributed by atoms with Crippen LogP contribution in [-0.4, -0.2) is 21.5 Å². The van der Waals surface area contributed by atoms with Crippen LogP contribution in [0.25, 0.3) is 5.57 Å². The molecule has 1 aromatic rings. The maximum atomic E-state index is 12.0. The zero-order chi connectivity index (χ0) is 12.6. The molecule has 0 N–H and O–H groups in total. The molecule has 1 aromatic carbocycles. The second kappa shape index (κ2) is 3.97. The van der Waals surface area contributed by atoms with E-state index in [1.54, 1.807) is 18.2 Å². The van der Waals surface area contributed by atoms with E-state index < -0.39 is 15.8 Å². The van der Waals surface area contributed by atoms with Crippen molar-refractivity contribution in [3.63, 3.8) is 0 Å². The third-order valence-corrected chi connectivity index (χ3v) is 4.51. The minimum absolute atomic E-state index is 0.0132. The average Bonchev–Trinajstić information content (AvgIpc) is 2.49. The number of rotatable bonds is 2. The van der Waals surface area contributed by atoms with Crippen molar-refractivity contribution in [2.75, 3.05) is 7.11 Å². The van der Waals surface area contributed by atoms with Crippen LogP contribution in [0.3, 0.4) is 0 Å². The van der Waals surface area contributed by atoms with Crippen LogP contribution in [0.1, 0.15) is 12.5 Å². The van der Waals surface area contributed by atoms with Crippen LogP contribution in [0.5, 0.6) is 0 Å². The van der Waals surface area contributed by atoms with Gasteiger partial charge >= 0.3 is 5.97 Å². The summed E-state index contributed by atoms with van der Waals surface area (Å²) in [5, 5.41) is 0. The number of sulfone groups is 1. The zero-order valence-corrected chi connectivity index (χ0v) is 10.1. The predicted octanol–water partition coefficient (Wildman–Crippen LogP) is 1.31. The molecule has 0 saturated carbocycles. The van der Waals surface area contributed by atoms with E-state index in [0.717, 1.165) is 0 Å². The van der Waals surface area contributed by atoms with Crippen LogP contribution in [0, 0.1) is 0 Å². The highest BCUT2D eigenvalue weighted by Crippen LogP contribution is 2.39. The van der Waals surface area contributed by atoms with Crippen molar-refractivity contribution in [2.24, 2.45) is 0 Å². The van der Waals surface area contributed by atoms with Crippen molar-refractivity contribution in [3.05, 3.63) is 34.7 Å². The summed E-state index contributed by atoms with van der Waals surface area (Å²) in [5.74, 6) is -0.807. The molecule has 6 heteroatoms. The maximum absolute atomic E-state index is 12.0. The smallest absolute Gasteiger partial charge is 0.293 e. The summed E-state index contributed by atoms with van der Waals surface area (Å²) in [6.45, 7) is 1.38. The number of hydrogen-bond acceptors (Lipinski definition) is 5. The summed E-state index contributed by atoms with van der Waals surface area (Å²) in [4.78, 5) is 20.4. The number of carbonyl (C=O) groups excluding carboxylic acids is 1. The molecule has 0 atom stereocenters. The van der Waals surface area contributed by atoms with Crippen molar-refractivity contribution in [1.29, 1.82) is 0 Å². The van der Waals surface area contributed by atoms with Gasteiger partial charge in [-0.1, -0.05) is 18.2 Å². The normalized spacial score (nSPS) is 16.8. The van der Waals surface area contributed by atoms with Gasteiger partial charge in [0.2, 0.25) is 9.84 Å². The van der Waals surface area contributed by atoms with Gasteiger partial charge in [-0.3, -0.25) is 4.89 Å². The molecule has 0 aromatic heterocycles. The van der Waals surface area contributed by atoms with E-state index in [4.69, 9.17) is 0 Å². The highest BCUT2D eigenvalue weighted by Gasteiger charge is 2.36. The summed E-state index contributed by atoms with van der Waals surface area (Å²) in [5.41, 5.74) is 0.384. The third-order valence-electron chi connectivity index (χ3n) is 2.56. The largest absolute Gasteiger partial charge is 0.374 e. The molecular weight excluding hydrogens is 244 g/mol. The highest BCUT2D eigenvalue weighted by atomic mass is 32.2. The summed E-state index contributed by atoms with van der Waals surface area (Å²) >= 11 is 0. The summed E-state index contributed by atoms with van der Waals surface area (Å²) in [7, 11) is -2.39. The molecule has 0 unspecified atom stereocenters. The molecule has 1 heterocycles. The van der Waals surface area contributed by atoms with Crippen LogP contribution >= 0.6 is 0 Å². The molecule has 0 radical (unpaired) electrons. The van der Waals surface area contributed by atoms with Crippen molar-refractivity contribution >= 4 is 21.4 Å². The van der Waals surface area contributed by atoms with Gasteiger partial charge in [-0.25, -0.2) is 13.2 Å². The van der Waals surface area contributed by atoms with Crippen molar-refractivity contribution in [3.8, 4) is 0 Å². The van der Waals surface area contributed by atoms with E-state index in [0.29, 0.717) is 5.56 Å². The minimum atomic E-state index is -3.57. The van der Waals surface area contributed by atoms with Gasteiger partial charge in [0.15, 0.2) is 0 Å². The highest BCUT2D eigenvalue weighted by molar-refractivity contribution is 7.96. The van der Waals surface area contributed by atoms with Gasteiger partial charge < -0.3 is 0 Å². The topological polar surface area (TPSA) is 69.7 Å². The van der Waals surface area contributed by atoms with Crippen molar-refractivity contribution in [2.45, 2.75) is 11.8 Å². The first-order valence-corrected chi connectivity index (χ1v) is 6.29. The number of carbonyl (C=O) groups is 1. The van der Waals surface area contributed by atoms with Gasteiger partial charge in [-0.2, -0.15) is 4.89 Å². The van der Waals surface area contributed by atoms with Crippen LogP contribution in [0.2, 0.25) is 0 Å². The Balaban J connectivity index is 2.67. The Hall–Kier alpha value is -1.66. The lowest BCUT2D eigenvalue weighted by Crippen LogP contribution is -2.06. The minimum Gasteiger partial charge on any atom is -0.293 e. The number of hydrogen-bond donors (Lipinski definition) is 0. The fourth-order valence-corrected chi connectivity index (χ4v) is 3.28. The standard InChI is InChI=1S/C11H10O5S/c1-7-10(11(12)16-15-2)8-5-3-4-6-9(8)17(7,13)14/h3-6H,1-2H3. The van der Waals surface area contributed by atoms with E-state index >= 15 is 0 Å². The zero-order valence-electron chi connectivity index (χ0n) is 9.26. The Kier molecular flexibility index (Phi) is 2.76. The molecular formula is C11H10O5S. The summed E-state index contributed by atoms with van der Waals surface area (Å²) in [6, 6.07) is 6.29. The summed E-state index contributed by atoms with van der Waals surface area (Å²) < 4.78 is 24.0. The maximum Gasteiger partial charge on any atom is 0.374 e. The molecule has 1 aliphatic rings. The Morgan fingerprint density at radius 2 is 1.88 bits per heavy atom. The van der Waals surface area contributed by atoms with E-state index in [1.165, 1.54) is 20.1 Å². The van der Waals surface area contributed by atoms with Crippen LogP contribution in [0.4, 0.5) is 0 Å². The molecule has 0 bridgehead atoms. The second-order valence-electron chi connectivity index (χ2n) is 3.47. The average molecular weight is 254 g/mol. The second-order valence-corrected chi connectivity index (χ2v) is 5.53. The SMILES string of the molecule is COOC(=O)C1=C(C)S(=O)(=O)c2ccccc21. The van der Waals surface area contributed by atoms with Crippen molar-refractivity contribution in [1.82, 2.24) is 0 Å². The molecule has 1 aliphatic heterocycles.